The summed E-state index contributed by atoms with van der Waals surface area (Å²) >= 11 is 3.33. The zero-order valence-electron chi connectivity index (χ0n) is 12.4. The van der Waals surface area contributed by atoms with E-state index in [0.717, 1.165) is 31.6 Å². The maximum Gasteiger partial charge on any atom is 0.256 e. The number of rotatable bonds is 4. The number of aromatic nitrogens is 1. The molecular weight excluding hydrogens is 312 g/mol. The number of nitrogens with one attached hydrogen (secondary N) is 1. The Bertz CT molecular complexity index is 826. The van der Waals surface area contributed by atoms with E-state index in [-0.39, 0.29) is 5.91 Å². The van der Waals surface area contributed by atoms with E-state index in [2.05, 4.69) is 17.2 Å². The van der Waals surface area contributed by atoms with E-state index < -0.39 is 0 Å². The summed E-state index contributed by atoms with van der Waals surface area (Å²) in [6, 6.07) is 13.5. The van der Waals surface area contributed by atoms with Gasteiger partial charge in [0.2, 0.25) is 0 Å². The third kappa shape index (κ3) is 3.15. The van der Waals surface area contributed by atoms with Crippen LogP contribution in [0.15, 0.2) is 47.4 Å². The molecule has 0 radical (unpaired) electrons. The van der Waals surface area contributed by atoms with Gasteiger partial charge in [-0.2, -0.15) is 0 Å². The fraction of sp³-hybridized carbons (Fsp3) is 0.176. The van der Waals surface area contributed by atoms with Gasteiger partial charge in [0.15, 0.2) is 0 Å². The summed E-state index contributed by atoms with van der Waals surface area (Å²) in [5, 5.41) is 4.00. The second-order valence-corrected chi connectivity index (χ2v) is 7.34. The summed E-state index contributed by atoms with van der Waals surface area (Å²) in [4.78, 5) is 18.0. The third-order valence-corrected chi connectivity index (χ3v) is 5.09. The van der Waals surface area contributed by atoms with Crippen LogP contribution < -0.4 is 5.32 Å². The molecule has 22 heavy (non-hydrogen) atoms. The lowest BCUT2D eigenvalue weighted by Crippen LogP contribution is -2.12. The highest BCUT2D eigenvalue weighted by atomic mass is 32.2. The minimum absolute atomic E-state index is 0.0807. The van der Waals surface area contributed by atoms with Gasteiger partial charge in [-0.05, 0) is 43.0 Å². The highest BCUT2D eigenvalue weighted by Gasteiger charge is 2.11. The molecule has 2 aromatic carbocycles. The molecule has 0 aliphatic carbocycles. The number of anilines is 1. The van der Waals surface area contributed by atoms with Gasteiger partial charge in [0.25, 0.3) is 5.91 Å². The molecule has 0 aliphatic heterocycles. The van der Waals surface area contributed by atoms with Crippen LogP contribution in [-0.4, -0.2) is 16.6 Å². The van der Waals surface area contributed by atoms with Crippen molar-refractivity contribution >= 4 is 44.9 Å². The molecule has 0 saturated heterocycles. The number of amides is 1. The van der Waals surface area contributed by atoms with Crippen LogP contribution in [-0.2, 0) is 0 Å². The van der Waals surface area contributed by atoms with Crippen molar-refractivity contribution in [3.05, 3.63) is 53.0 Å². The summed E-state index contributed by atoms with van der Waals surface area (Å²) in [7, 11) is 0. The van der Waals surface area contributed by atoms with Crippen LogP contribution in [0.4, 0.5) is 5.69 Å². The Balaban J connectivity index is 1.86. The topological polar surface area (TPSA) is 42.0 Å². The average Bonchev–Trinajstić information content (AvgIpc) is 2.87. The van der Waals surface area contributed by atoms with E-state index in [0.29, 0.717) is 5.56 Å². The lowest BCUT2D eigenvalue weighted by molar-refractivity contribution is 0.102. The molecule has 0 bridgehead atoms. The quantitative estimate of drug-likeness (QED) is 0.688. The first kappa shape index (κ1) is 15.1. The Labute approximate surface area is 137 Å². The number of carbonyl (C=O) groups is 1. The van der Waals surface area contributed by atoms with Gasteiger partial charge in [-0.15, -0.1) is 23.1 Å². The summed E-state index contributed by atoms with van der Waals surface area (Å²) in [6.07, 6.45) is 0. The lowest BCUT2D eigenvalue weighted by Gasteiger charge is -2.09. The number of thiazole rings is 1. The molecule has 0 atom stereocenters. The fourth-order valence-electron chi connectivity index (χ4n) is 2.25. The fourth-order valence-corrected chi connectivity index (χ4v) is 3.86. The van der Waals surface area contributed by atoms with Crippen molar-refractivity contribution in [2.24, 2.45) is 0 Å². The summed E-state index contributed by atoms with van der Waals surface area (Å²) in [6.45, 7) is 4.07. The molecule has 0 unspecified atom stereocenters. The monoisotopic (exact) mass is 328 g/mol. The Hall–Kier alpha value is -1.85. The molecule has 3 nitrogen and oxygen atoms in total. The molecule has 0 fully saturated rings. The molecule has 0 spiro atoms. The van der Waals surface area contributed by atoms with E-state index in [1.807, 2.05) is 49.4 Å². The number of hydrogen-bond donors (Lipinski definition) is 1. The van der Waals surface area contributed by atoms with Crippen molar-refractivity contribution in [2.45, 2.75) is 18.7 Å². The first-order valence-corrected chi connectivity index (χ1v) is 8.88. The Morgan fingerprint density at radius 3 is 2.91 bits per heavy atom. The summed E-state index contributed by atoms with van der Waals surface area (Å²) in [5.74, 6) is 0.858. The maximum atomic E-state index is 12.5. The SMILES string of the molecule is CCSc1ccccc1C(=O)Nc1ccc2sc(C)nc2c1. The van der Waals surface area contributed by atoms with E-state index in [1.54, 1.807) is 23.1 Å². The second kappa shape index (κ2) is 6.50. The molecule has 0 saturated carbocycles. The maximum absolute atomic E-state index is 12.5. The van der Waals surface area contributed by atoms with Crippen LogP contribution in [0.25, 0.3) is 10.2 Å². The van der Waals surface area contributed by atoms with Crippen molar-refractivity contribution in [1.29, 1.82) is 0 Å². The number of nitrogens with zero attached hydrogens (tertiary/aromatic N) is 1. The van der Waals surface area contributed by atoms with E-state index in [4.69, 9.17) is 0 Å². The van der Waals surface area contributed by atoms with Crippen LogP contribution in [0.1, 0.15) is 22.3 Å². The van der Waals surface area contributed by atoms with Gasteiger partial charge < -0.3 is 5.32 Å². The zero-order chi connectivity index (χ0) is 15.5. The van der Waals surface area contributed by atoms with Crippen molar-refractivity contribution in [2.75, 3.05) is 11.1 Å². The summed E-state index contributed by atoms with van der Waals surface area (Å²) < 4.78 is 1.14. The van der Waals surface area contributed by atoms with Crippen LogP contribution in [0.3, 0.4) is 0 Å². The number of aryl methyl sites for hydroxylation is 1. The van der Waals surface area contributed by atoms with Gasteiger partial charge in [0, 0.05) is 10.6 Å². The van der Waals surface area contributed by atoms with Crippen LogP contribution in [0, 0.1) is 6.92 Å². The predicted molar refractivity (Wildman–Crippen MR) is 95.2 cm³/mol. The van der Waals surface area contributed by atoms with Crippen LogP contribution in [0.2, 0.25) is 0 Å². The predicted octanol–water partition coefficient (Wildman–Crippen LogP) is 4.97. The first-order chi connectivity index (χ1) is 10.7. The summed E-state index contributed by atoms with van der Waals surface area (Å²) in [5.41, 5.74) is 2.42. The van der Waals surface area contributed by atoms with E-state index in [9.17, 15) is 4.79 Å². The van der Waals surface area contributed by atoms with Crippen molar-refractivity contribution < 1.29 is 4.79 Å². The molecule has 5 heteroatoms. The van der Waals surface area contributed by atoms with Gasteiger partial charge in [-0.25, -0.2) is 4.98 Å². The molecule has 3 aromatic rings. The van der Waals surface area contributed by atoms with Gasteiger partial charge in [0.1, 0.15) is 0 Å². The highest BCUT2D eigenvalue weighted by Crippen LogP contribution is 2.26. The number of fused-ring (bicyclic) bond motifs is 1. The molecular formula is C17H16N2OS2. The third-order valence-electron chi connectivity index (χ3n) is 3.18. The normalized spacial score (nSPS) is 10.8. The standard InChI is InChI=1S/C17H16N2OS2/c1-3-21-15-7-5-4-6-13(15)17(20)19-12-8-9-16-14(10-12)18-11(2)22-16/h4-10H,3H2,1-2H3,(H,19,20). The molecule has 112 valence electrons. The van der Waals surface area contributed by atoms with Gasteiger partial charge in [0.05, 0.1) is 20.8 Å². The molecule has 3 rings (SSSR count). The zero-order valence-corrected chi connectivity index (χ0v) is 14.1. The molecule has 1 aromatic heterocycles. The average molecular weight is 328 g/mol. The Kier molecular flexibility index (Phi) is 4.45. The molecule has 1 heterocycles. The van der Waals surface area contributed by atoms with Gasteiger partial charge >= 0.3 is 0 Å². The molecule has 1 N–H and O–H groups in total. The largest absolute Gasteiger partial charge is 0.322 e. The van der Waals surface area contributed by atoms with Crippen molar-refractivity contribution in [1.82, 2.24) is 4.98 Å². The van der Waals surface area contributed by atoms with E-state index in [1.165, 1.54) is 0 Å². The minimum Gasteiger partial charge on any atom is -0.322 e. The van der Waals surface area contributed by atoms with Gasteiger partial charge in [-0.3, -0.25) is 4.79 Å². The Morgan fingerprint density at radius 1 is 1.27 bits per heavy atom. The number of carbonyl (C=O) groups excluding carboxylic acids is 1. The number of benzene rings is 2. The first-order valence-electron chi connectivity index (χ1n) is 7.07. The number of thioether (sulfide) groups is 1. The number of hydrogen-bond acceptors (Lipinski definition) is 4. The molecule has 1 amide bonds. The van der Waals surface area contributed by atoms with Crippen molar-refractivity contribution in [3.8, 4) is 0 Å². The van der Waals surface area contributed by atoms with E-state index >= 15 is 0 Å². The molecule has 0 aliphatic rings. The Morgan fingerprint density at radius 2 is 2.09 bits per heavy atom. The van der Waals surface area contributed by atoms with Crippen molar-refractivity contribution in [3.63, 3.8) is 0 Å². The smallest absolute Gasteiger partial charge is 0.256 e. The highest BCUT2D eigenvalue weighted by molar-refractivity contribution is 7.99. The van der Waals surface area contributed by atoms with Crippen LogP contribution >= 0.6 is 23.1 Å². The van der Waals surface area contributed by atoms with Crippen LogP contribution in [0.5, 0.6) is 0 Å². The van der Waals surface area contributed by atoms with Gasteiger partial charge in [-0.1, -0.05) is 19.1 Å². The lowest BCUT2D eigenvalue weighted by atomic mass is 10.2. The minimum atomic E-state index is -0.0807. The second-order valence-electron chi connectivity index (χ2n) is 4.80.